The van der Waals surface area contributed by atoms with Gasteiger partial charge in [0.25, 0.3) is 0 Å². The van der Waals surface area contributed by atoms with E-state index in [2.05, 4.69) is 18.4 Å². The minimum Gasteiger partial charge on any atom is -0.492 e. The number of ether oxygens (including phenoxy) is 1. The van der Waals surface area contributed by atoms with E-state index in [-0.39, 0.29) is 0 Å². The minimum atomic E-state index is 0.650. The van der Waals surface area contributed by atoms with E-state index in [1.165, 1.54) is 10.1 Å². The van der Waals surface area contributed by atoms with Gasteiger partial charge in [0.15, 0.2) is 0 Å². The number of benzene rings is 1. The molecule has 0 saturated carbocycles. The lowest BCUT2D eigenvalue weighted by molar-refractivity contribution is 0.339. The van der Waals surface area contributed by atoms with E-state index in [0.717, 1.165) is 11.3 Å². The van der Waals surface area contributed by atoms with Crippen LogP contribution in [0.2, 0.25) is 5.02 Å². The molecule has 0 atom stereocenters. The zero-order valence-electron chi connectivity index (χ0n) is 8.13. The second-order valence-corrected chi connectivity index (χ2v) is 4.41. The Hall–Kier alpha value is -0.730. The van der Waals surface area contributed by atoms with Crippen LogP contribution in [-0.2, 0) is 0 Å². The predicted molar refractivity (Wildman–Crippen MR) is 62.7 cm³/mol. The molecule has 0 aliphatic rings. The van der Waals surface area contributed by atoms with Crippen molar-refractivity contribution in [3.63, 3.8) is 0 Å². The normalized spacial score (nSPS) is 10.8. The molecule has 1 aromatic heterocycles. The second kappa shape index (κ2) is 3.79. The summed E-state index contributed by atoms with van der Waals surface area (Å²) in [6, 6.07) is 4.04. The molecule has 0 amide bonds. The van der Waals surface area contributed by atoms with Gasteiger partial charge in [0, 0.05) is 10.3 Å². The molecule has 0 spiro atoms. The van der Waals surface area contributed by atoms with Gasteiger partial charge >= 0.3 is 0 Å². The van der Waals surface area contributed by atoms with Crippen molar-refractivity contribution in [2.45, 2.75) is 13.8 Å². The van der Waals surface area contributed by atoms with Gasteiger partial charge in [-0.25, -0.2) is 0 Å². The number of aryl methyl sites for hydroxylation is 1. The van der Waals surface area contributed by atoms with E-state index in [9.17, 15) is 0 Å². The number of halogens is 1. The van der Waals surface area contributed by atoms with Gasteiger partial charge in [0.2, 0.25) is 0 Å². The Morgan fingerprint density at radius 1 is 1.50 bits per heavy atom. The van der Waals surface area contributed by atoms with E-state index in [0.29, 0.717) is 11.6 Å². The number of hydrogen-bond acceptors (Lipinski definition) is 2. The van der Waals surface area contributed by atoms with Crippen molar-refractivity contribution in [3.05, 3.63) is 28.1 Å². The van der Waals surface area contributed by atoms with Crippen LogP contribution in [-0.4, -0.2) is 6.61 Å². The van der Waals surface area contributed by atoms with Gasteiger partial charge in [-0.1, -0.05) is 11.6 Å². The Morgan fingerprint density at radius 2 is 2.29 bits per heavy atom. The van der Waals surface area contributed by atoms with Crippen molar-refractivity contribution in [1.82, 2.24) is 0 Å². The maximum absolute atomic E-state index is 6.12. The monoisotopic (exact) mass is 226 g/mol. The lowest BCUT2D eigenvalue weighted by Crippen LogP contribution is -1.94. The Bertz CT molecular complexity index is 462. The summed E-state index contributed by atoms with van der Waals surface area (Å²) in [4.78, 5) is 0. The summed E-state index contributed by atoms with van der Waals surface area (Å²) in [6.45, 7) is 4.67. The third-order valence-corrected chi connectivity index (χ3v) is 3.50. The smallest absolute Gasteiger partial charge is 0.142 e. The van der Waals surface area contributed by atoms with Crippen LogP contribution < -0.4 is 4.74 Å². The molecule has 1 aromatic carbocycles. The first kappa shape index (κ1) is 9.81. The summed E-state index contributed by atoms with van der Waals surface area (Å²) in [7, 11) is 0. The third kappa shape index (κ3) is 1.49. The van der Waals surface area contributed by atoms with Gasteiger partial charge in [0.05, 0.1) is 11.6 Å². The molecular weight excluding hydrogens is 216 g/mol. The fraction of sp³-hybridized carbons (Fsp3) is 0.273. The quantitative estimate of drug-likeness (QED) is 0.744. The van der Waals surface area contributed by atoms with Gasteiger partial charge in [-0.15, -0.1) is 11.3 Å². The lowest BCUT2D eigenvalue weighted by Gasteiger charge is -2.09. The molecule has 14 heavy (non-hydrogen) atoms. The predicted octanol–water partition coefficient (Wildman–Crippen LogP) is 4.26. The molecule has 0 fully saturated rings. The third-order valence-electron chi connectivity index (χ3n) is 2.16. The summed E-state index contributed by atoms with van der Waals surface area (Å²) in [5.41, 5.74) is 1.14. The van der Waals surface area contributed by atoms with Gasteiger partial charge < -0.3 is 4.74 Å². The molecule has 2 aromatic rings. The van der Waals surface area contributed by atoms with Crippen molar-refractivity contribution < 1.29 is 4.74 Å². The van der Waals surface area contributed by atoms with Crippen molar-refractivity contribution in [1.29, 1.82) is 0 Å². The molecule has 0 saturated heterocycles. The van der Waals surface area contributed by atoms with E-state index in [1.54, 1.807) is 11.3 Å². The Kier molecular flexibility index (Phi) is 2.66. The highest BCUT2D eigenvalue weighted by Gasteiger charge is 2.10. The summed E-state index contributed by atoms with van der Waals surface area (Å²) in [5, 5.41) is 3.97. The summed E-state index contributed by atoms with van der Waals surface area (Å²) >= 11 is 7.85. The highest BCUT2D eigenvalue weighted by atomic mass is 35.5. The lowest BCUT2D eigenvalue weighted by atomic mass is 10.1. The maximum atomic E-state index is 6.12. The first-order valence-corrected chi connectivity index (χ1v) is 5.79. The molecule has 0 unspecified atom stereocenters. The van der Waals surface area contributed by atoms with Crippen LogP contribution in [0.5, 0.6) is 5.75 Å². The van der Waals surface area contributed by atoms with Gasteiger partial charge in [-0.05, 0) is 36.7 Å². The SMILES string of the molecule is CCOc1c(Cl)cc2ccsc2c1C. The fourth-order valence-electron chi connectivity index (χ4n) is 1.54. The highest BCUT2D eigenvalue weighted by molar-refractivity contribution is 7.17. The van der Waals surface area contributed by atoms with Crippen LogP contribution in [0.1, 0.15) is 12.5 Å². The van der Waals surface area contributed by atoms with Crippen LogP contribution >= 0.6 is 22.9 Å². The van der Waals surface area contributed by atoms with E-state index in [1.807, 2.05) is 13.0 Å². The summed E-state index contributed by atoms with van der Waals surface area (Å²) in [6.07, 6.45) is 0. The molecule has 0 radical (unpaired) electrons. The summed E-state index contributed by atoms with van der Waals surface area (Å²) < 4.78 is 6.78. The van der Waals surface area contributed by atoms with Crippen LogP contribution in [0.25, 0.3) is 10.1 Å². The Labute approximate surface area is 92.3 Å². The average Bonchev–Trinajstić information content (AvgIpc) is 2.60. The molecule has 2 rings (SSSR count). The Morgan fingerprint density at radius 3 is 3.00 bits per heavy atom. The minimum absolute atomic E-state index is 0.650. The van der Waals surface area contributed by atoms with E-state index in [4.69, 9.17) is 16.3 Å². The molecule has 3 heteroatoms. The highest BCUT2D eigenvalue weighted by Crippen LogP contribution is 2.37. The Balaban J connectivity index is 2.69. The topological polar surface area (TPSA) is 9.23 Å². The molecule has 0 aliphatic heterocycles. The average molecular weight is 227 g/mol. The van der Waals surface area contributed by atoms with Crippen LogP contribution in [0, 0.1) is 6.92 Å². The fourth-order valence-corrected chi connectivity index (χ4v) is 2.74. The second-order valence-electron chi connectivity index (χ2n) is 3.08. The first-order valence-electron chi connectivity index (χ1n) is 4.53. The summed E-state index contributed by atoms with van der Waals surface area (Å²) in [5.74, 6) is 0.823. The zero-order chi connectivity index (χ0) is 10.1. The number of rotatable bonds is 2. The van der Waals surface area contributed by atoms with Gasteiger partial charge in [-0.2, -0.15) is 0 Å². The number of thiophene rings is 1. The van der Waals surface area contributed by atoms with E-state index < -0.39 is 0 Å². The molecule has 0 aliphatic carbocycles. The van der Waals surface area contributed by atoms with Crippen molar-refractivity contribution in [3.8, 4) is 5.75 Å². The van der Waals surface area contributed by atoms with Crippen molar-refractivity contribution in [2.75, 3.05) is 6.61 Å². The van der Waals surface area contributed by atoms with Crippen LogP contribution in [0.15, 0.2) is 17.5 Å². The maximum Gasteiger partial charge on any atom is 0.142 e. The first-order chi connectivity index (χ1) is 6.74. The van der Waals surface area contributed by atoms with Crippen molar-refractivity contribution in [2.24, 2.45) is 0 Å². The molecule has 1 heterocycles. The number of fused-ring (bicyclic) bond motifs is 1. The van der Waals surface area contributed by atoms with Crippen LogP contribution in [0.4, 0.5) is 0 Å². The van der Waals surface area contributed by atoms with Crippen LogP contribution in [0.3, 0.4) is 0 Å². The van der Waals surface area contributed by atoms with E-state index >= 15 is 0 Å². The molecule has 74 valence electrons. The van der Waals surface area contributed by atoms with Gasteiger partial charge in [-0.3, -0.25) is 0 Å². The molecule has 0 N–H and O–H groups in total. The zero-order valence-corrected chi connectivity index (χ0v) is 9.71. The molecular formula is C11H11ClOS. The standard InChI is InChI=1S/C11H11ClOS/c1-3-13-10-7(2)11-8(4-5-14-11)6-9(10)12/h4-6H,3H2,1-2H3. The number of hydrogen-bond donors (Lipinski definition) is 0. The van der Waals surface area contributed by atoms with Gasteiger partial charge in [0.1, 0.15) is 5.75 Å². The largest absolute Gasteiger partial charge is 0.492 e. The molecule has 1 nitrogen and oxygen atoms in total. The molecule has 0 bridgehead atoms. The van der Waals surface area contributed by atoms with Crippen molar-refractivity contribution >= 4 is 33.0 Å².